The Balaban J connectivity index is 2.55. The van der Waals surface area contributed by atoms with Crippen LogP contribution >= 0.6 is 0 Å². The zero-order valence-corrected chi connectivity index (χ0v) is 7.49. The van der Waals surface area contributed by atoms with Crippen molar-refractivity contribution < 1.29 is 19.2 Å². The molecule has 0 aliphatic carbocycles. The summed E-state index contributed by atoms with van der Waals surface area (Å²) in [7, 11) is 0. The Morgan fingerprint density at radius 1 is 1.14 bits per heavy atom. The van der Waals surface area contributed by atoms with Crippen LogP contribution in [-0.4, -0.2) is 28.5 Å². The van der Waals surface area contributed by atoms with E-state index in [2.05, 4.69) is 0 Å². The summed E-state index contributed by atoms with van der Waals surface area (Å²) in [4.78, 5) is 44.3. The van der Waals surface area contributed by atoms with Crippen LogP contribution in [0.3, 0.4) is 0 Å². The molecule has 76 valence electrons. The molecule has 1 saturated heterocycles. The number of nitrogens with zero attached hydrogens (tertiary/aromatic N) is 1. The number of amides is 4. The maximum atomic E-state index is 11.2. The first-order valence-electron chi connectivity index (χ1n) is 4.19. The number of primary amides is 1. The highest BCUT2D eigenvalue weighted by atomic mass is 16.2. The van der Waals surface area contributed by atoms with Crippen molar-refractivity contribution in [3.8, 4) is 0 Å². The Labute approximate surface area is 80.0 Å². The highest BCUT2D eigenvalue weighted by Crippen LogP contribution is 2.13. The van der Waals surface area contributed by atoms with E-state index in [0.29, 0.717) is 4.90 Å². The van der Waals surface area contributed by atoms with Crippen LogP contribution in [0.25, 0.3) is 0 Å². The molecule has 1 heterocycles. The van der Waals surface area contributed by atoms with Gasteiger partial charge in [-0.15, -0.1) is 0 Å². The van der Waals surface area contributed by atoms with E-state index in [9.17, 15) is 19.2 Å². The second-order valence-electron chi connectivity index (χ2n) is 2.98. The SMILES string of the molecule is NC(=O)CCC(=O)N1C(=O)CCC1=O. The summed E-state index contributed by atoms with van der Waals surface area (Å²) < 4.78 is 0. The van der Waals surface area contributed by atoms with Crippen LogP contribution in [0.5, 0.6) is 0 Å². The van der Waals surface area contributed by atoms with Crippen molar-refractivity contribution in [1.29, 1.82) is 0 Å². The fraction of sp³-hybridized carbons (Fsp3) is 0.500. The van der Waals surface area contributed by atoms with E-state index in [4.69, 9.17) is 5.73 Å². The van der Waals surface area contributed by atoms with E-state index < -0.39 is 23.6 Å². The summed E-state index contributed by atoms with van der Waals surface area (Å²) in [5.74, 6) is -2.26. The lowest BCUT2D eigenvalue weighted by Crippen LogP contribution is -2.35. The first kappa shape index (κ1) is 10.4. The number of likely N-dealkylation sites (tertiary alicyclic amines) is 1. The average molecular weight is 198 g/mol. The van der Waals surface area contributed by atoms with Gasteiger partial charge in [0.1, 0.15) is 0 Å². The van der Waals surface area contributed by atoms with E-state index in [1.165, 1.54) is 0 Å². The largest absolute Gasteiger partial charge is 0.370 e. The second kappa shape index (κ2) is 3.99. The molecule has 0 aromatic carbocycles. The highest BCUT2D eigenvalue weighted by Gasteiger charge is 2.33. The van der Waals surface area contributed by atoms with Gasteiger partial charge in [0.25, 0.3) is 0 Å². The fourth-order valence-electron chi connectivity index (χ4n) is 1.20. The van der Waals surface area contributed by atoms with Crippen LogP contribution in [0, 0.1) is 0 Å². The lowest BCUT2D eigenvalue weighted by atomic mass is 10.2. The van der Waals surface area contributed by atoms with Crippen molar-refractivity contribution in [2.75, 3.05) is 0 Å². The Morgan fingerprint density at radius 2 is 1.64 bits per heavy atom. The van der Waals surface area contributed by atoms with Gasteiger partial charge >= 0.3 is 0 Å². The number of carbonyl (C=O) groups is 4. The van der Waals surface area contributed by atoms with Crippen LogP contribution < -0.4 is 5.73 Å². The molecule has 4 amide bonds. The molecule has 0 atom stereocenters. The minimum absolute atomic E-state index is 0.0706. The third-order valence-electron chi connectivity index (χ3n) is 1.89. The van der Waals surface area contributed by atoms with E-state index in [0.717, 1.165) is 0 Å². The Hall–Kier alpha value is -1.72. The standard InChI is InChI=1S/C8H10N2O4/c9-5(11)1-2-6(12)10-7(13)3-4-8(10)14/h1-4H2,(H2,9,11). The maximum absolute atomic E-state index is 11.2. The Morgan fingerprint density at radius 3 is 2.07 bits per heavy atom. The normalized spacial score (nSPS) is 16.1. The molecule has 1 rings (SSSR count). The van der Waals surface area contributed by atoms with Gasteiger partial charge in [-0.05, 0) is 0 Å². The molecule has 0 aromatic heterocycles. The van der Waals surface area contributed by atoms with E-state index in [1.54, 1.807) is 0 Å². The molecular formula is C8H10N2O4. The molecule has 1 fully saturated rings. The van der Waals surface area contributed by atoms with Crippen LogP contribution in [-0.2, 0) is 19.2 Å². The summed E-state index contributed by atoms with van der Waals surface area (Å²) in [6.45, 7) is 0. The van der Waals surface area contributed by atoms with Crippen molar-refractivity contribution >= 4 is 23.6 Å². The van der Waals surface area contributed by atoms with Gasteiger partial charge in [0.05, 0.1) is 0 Å². The number of carbonyl (C=O) groups excluding carboxylic acids is 4. The molecule has 0 unspecified atom stereocenters. The molecule has 6 heteroatoms. The Kier molecular flexibility index (Phi) is 2.95. The number of hydrogen-bond donors (Lipinski definition) is 1. The molecule has 6 nitrogen and oxygen atoms in total. The monoisotopic (exact) mass is 198 g/mol. The van der Waals surface area contributed by atoms with Crippen LogP contribution in [0.15, 0.2) is 0 Å². The minimum Gasteiger partial charge on any atom is -0.370 e. The topological polar surface area (TPSA) is 97.5 Å². The predicted octanol–water partition coefficient (Wildman–Crippen LogP) is -1.07. The molecule has 14 heavy (non-hydrogen) atoms. The van der Waals surface area contributed by atoms with E-state index in [1.807, 2.05) is 0 Å². The van der Waals surface area contributed by atoms with E-state index >= 15 is 0 Å². The van der Waals surface area contributed by atoms with Crippen molar-refractivity contribution in [3.05, 3.63) is 0 Å². The third kappa shape index (κ3) is 2.15. The molecule has 0 bridgehead atoms. The van der Waals surface area contributed by atoms with Gasteiger partial charge in [0.15, 0.2) is 0 Å². The van der Waals surface area contributed by atoms with Crippen molar-refractivity contribution in [2.24, 2.45) is 5.73 Å². The zero-order chi connectivity index (χ0) is 10.7. The summed E-state index contributed by atoms with van der Waals surface area (Å²) in [5, 5.41) is 0. The van der Waals surface area contributed by atoms with Crippen molar-refractivity contribution in [3.63, 3.8) is 0 Å². The lowest BCUT2D eigenvalue weighted by molar-refractivity contribution is -0.150. The van der Waals surface area contributed by atoms with Gasteiger partial charge in [-0.3, -0.25) is 19.2 Å². The predicted molar refractivity (Wildman–Crippen MR) is 44.5 cm³/mol. The number of imide groups is 3. The van der Waals surface area contributed by atoms with Gasteiger partial charge in [0, 0.05) is 25.7 Å². The third-order valence-corrected chi connectivity index (χ3v) is 1.89. The van der Waals surface area contributed by atoms with Crippen LogP contribution in [0.2, 0.25) is 0 Å². The molecule has 2 N–H and O–H groups in total. The van der Waals surface area contributed by atoms with Gasteiger partial charge < -0.3 is 5.73 Å². The first-order valence-corrected chi connectivity index (χ1v) is 4.19. The molecule has 0 radical (unpaired) electrons. The Bertz CT molecular complexity index is 294. The van der Waals surface area contributed by atoms with Crippen molar-refractivity contribution in [2.45, 2.75) is 25.7 Å². The smallest absolute Gasteiger partial charge is 0.236 e. The second-order valence-corrected chi connectivity index (χ2v) is 2.98. The highest BCUT2D eigenvalue weighted by molar-refractivity contribution is 6.15. The van der Waals surface area contributed by atoms with Crippen molar-refractivity contribution in [1.82, 2.24) is 4.90 Å². The quantitative estimate of drug-likeness (QED) is 0.583. The summed E-state index contributed by atoms with van der Waals surface area (Å²) in [6, 6.07) is 0. The summed E-state index contributed by atoms with van der Waals surface area (Å²) in [5.41, 5.74) is 4.83. The number of hydrogen-bond acceptors (Lipinski definition) is 4. The molecule has 0 saturated carbocycles. The van der Waals surface area contributed by atoms with Crippen LogP contribution in [0.1, 0.15) is 25.7 Å². The van der Waals surface area contributed by atoms with Gasteiger partial charge in [-0.25, -0.2) is 4.90 Å². The van der Waals surface area contributed by atoms with E-state index in [-0.39, 0.29) is 25.7 Å². The molecule has 1 aliphatic heterocycles. The summed E-state index contributed by atoms with van der Waals surface area (Å²) >= 11 is 0. The van der Waals surface area contributed by atoms with Crippen LogP contribution in [0.4, 0.5) is 0 Å². The average Bonchev–Trinajstić information content (AvgIpc) is 2.42. The molecule has 0 aromatic rings. The molecular weight excluding hydrogens is 188 g/mol. The van der Waals surface area contributed by atoms with Gasteiger partial charge in [0.2, 0.25) is 23.6 Å². The number of rotatable bonds is 3. The van der Waals surface area contributed by atoms with Gasteiger partial charge in [-0.1, -0.05) is 0 Å². The lowest BCUT2D eigenvalue weighted by Gasteiger charge is -2.10. The molecule has 0 spiro atoms. The first-order chi connectivity index (χ1) is 6.52. The number of nitrogens with two attached hydrogens (primary N) is 1. The maximum Gasteiger partial charge on any atom is 0.236 e. The summed E-state index contributed by atoms with van der Waals surface area (Å²) in [6.07, 6.45) is -0.189. The minimum atomic E-state index is -0.642. The van der Waals surface area contributed by atoms with Gasteiger partial charge in [-0.2, -0.15) is 0 Å². The molecule has 1 aliphatic rings. The fourth-order valence-corrected chi connectivity index (χ4v) is 1.20. The zero-order valence-electron chi connectivity index (χ0n) is 7.49.